The lowest BCUT2D eigenvalue weighted by molar-refractivity contribution is -0.126. The fraction of sp³-hybridized carbons (Fsp3) is 0.923. The number of carbonyl (C=O) groups excluding carboxylic acids is 1. The van der Waals surface area contributed by atoms with Gasteiger partial charge in [-0.05, 0) is 26.7 Å². The Morgan fingerprint density at radius 2 is 2.12 bits per heavy atom. The topological polar surface area (TPSA) is 64.3 Å². The van der Waals surface area contributed by atoms with E-state index in [-0.39, 0.29) is 23.9 Å². The Bertz CT molecular complexity index is 233. The third-order valence-corrected chi connectivity index (χ3v) is 3.37. The van der Waals surface area contributed by atoms with Crippen molar-refractivity contribution in [3.05, 3.63) is 0 Å². The van der Waals surface area contributed by atoms with E-state index in [0.29, 0.717) is 13.2 Å². The molecule has 0 bridgehead atoms. The molecule has 1 aliphatic rings. The molecule has 1 fully saturated rings. The molecule has 0 heterocycles. The fourth-order valence-electron chi connectivity index (χ4n) is 2.35. The normalized spacial score (nSPS) is 27.2. The molecule has 0 aromatic heterocycles. The van der Waals surface area contributed by atoms with Gasteiger partial charge in [-0.2, -0.15) is 0 Å². The number of ether oxygens (including phenoxy) is 1. The maximum absolute atomic E-state index is 12.1. The van der Waals surface area contributed by atoms with Crippen molar-refractivity contribution in [3.63, 3.8) is 0 Å². The highest BCUT2D eigenvalue weighted by Gasteiger charge is 2.27. The molecule has 0 radical (unpaired) electrons. The van der Waals surface area contributed by atoms with Gasteiger partial charge in [-0.3, -0.25) is 4.79 Å². The zero-order chi connectivity index (χ0) is 12.7. The van der Waals surface area contributed by atoms with Crippen LogP contribution in [-0.4, -0.2) is 31.2 Å². The molecule has 3 atom stereocenters. The predicted molar refractivity (Wildman–Crippen MR) is 68.6 cm³/mol. The second kappa shape index (κ2) is 7.67. The van der Waals surface area contributed by atoms with E-state index in [9.17, 15) is 4.79 Å². The lowest BCUT2D eigenvalue weighted by Crippen LogP contribution is -2.45. The molecule has 4 nitrogen and oxygen atoms in total. The lowest BCUT2D eigenvalue weighted by Gasteiger charge is -2.23. The summed E-state index contributed by atoms with van der Waals surface area (Å²) in [5.74, 6) is 0.0909. The van der Waals surface area contributed by atoms with Gasteiger partial charge in [0.25, 0.3) is 0 Å². The van der Waals surface area contributed by atoms with Gasteiger partial charge in [0.1, 0.15) is 0 Å². The largest absolute Gasteiger partial charge is 0.380 e. The third-order valence-electron chi connectivity index (χ3n) is 3.37. The van der Waals surface area contributed by atoms with Crippen molar-refractivity contribution in [2.24, 2.45) is 11.7 Å². The molecule has 0 saturated heterocycles. The van der Waals surface area contributed by atoms with Crippen LogP contribution in [0.4, 0.5) is 0 Å². The van der Waals surface area contributed by atoms with E-state index >= 15 is 0 Å². The van der Waals surface area contributed by atoms with Crippen LogP contribution in [0.25, 0.3) is 0 Å². The smallest absolute Gasteiger partial charge is 0.224 e. The van der Waals surface area contributed by atoms with Crippen LogP contribution in [-0.2, 0) is 9.53 Å². The summed E-state index contributed by atoms with van der Waals surface area (Å²) in [6, 6.07) is 0.0923. The van der Waals surface area contributed by atoms with Crippen LogP contribution in [0.5, 0.6) is 0 Å². The average molecular weight is 242 g/mol. The predicted octanol–water partition coefficient (Wildman–Crippen LogP) is 1.44. The molecule has 0 spiro atoms. The van der Waals surface area contributed by atoms with Gasteiger partial charge in [0.2, 0.25) is 5.91 Å². The number of hydrogen-bond acceptors (Lipinski definition) is 3. The fourth-order valence-corrected chi connectivity index (χ4v) is 2.35. The van der Waals surface area contributed by atoms with Gasteiger partial charge < -0.3 is 15.8 Å². The molecule has 100 valence electrons. The monoisotopic (exact) mass is 242 g/mol. The van der Waals surface area contributed by atoms with Gasteiger partial charge >= 0.3 is 0 Å². The maximum Gasteiger partial charge on any atom is 0.224 e. The molecule has 3 unspecified atom stereocenters. The summed E-state index contributed by atoms with van der Waals surface area (Å²) in [4.78, 5) is 12.1. The number of carbonyl (C=O) groups is 1. The number of nitrogens with two attached hydrogens (primary N) is 1. The first-order chi connectivity index (χ1) is 8.15. The molecule has 1 saturated carbocycles. The third kappa shape index (κ3) is 5.04. The van der Waals surface area contributed by atoms with E-state index in [4.69, 9.17) is 10.5 Å². The van der Waals surface area contributed by atoms with Crippen LogP contribution < -0.4 is 11.1 Å². The summed E-state index contributed by atoms with van der Waals surface area (Å²) in [6.45, 7) is 5.18. The Balaban J connectivity index is 2.39. The number of amides is 1. The second-order valence-corrected chi connectivity index (χ2v) is 4.98. The first-order valence-corrected chi connectivity index (χ1v) is 6.78. The summed E-state index contributed by atoms with van der Waals surface area (Å²) in [6.07, 6.45) is 5.36. The van der Waals surface area contributed by atoms with E-state index in [2.05, 4.69) is 5.32 Å². The molecule has 3 N–H and O–H groups in total. The molecule has 0 aliphatic heterocycles. The van der Waals surface area contributed by atoms with Crippen molar-refractivity contribution in [2.75, 3.05) is 13.2 Å². The second-order valence-electron chi connectivity index (χ2n) is 4.98. The first kappa shape index (κ1) is 14.5. The molecule has 1 amide bonds. The van der Waals surface area contributed by atoms with Gasteiger partial charge in [0, 0.05) is 18.7 Å². The Labute approximate surface area is 104 Å². The number of rotatable bonds is 5. The van der Waals surface area contributed by atoms with Gasteiger partial charge in [0.15, 0.2) is 0 Å². The lowest BCUT2D eigenvalue weighted by atomic mass is 9.94. The van der Waals surface area contributed by atoms with Crippen molar-refractivity contribution < 1.29 is 9.53 Å². The minimum Gasteiger partial charge on any atom is -0.380 e. The molecule has 1 rings (SSSR count). The Morgan fingerprint density at radius 3 is 2.82 bits per heavy atom. The van der Waals surface area contributed by atoms with Gasteiger partial charge in [-0.25, -0.2) is 0 Å². The average Bonchev–Trinajstić information content (AvgIpc) is 2.51. The van der Waals surface area contributed by atoms with E-state index in [0.717, 1.165) is 25.7 Å². The van der Waals surface area contributed by atoms with Crippen LogP contribution in [0.2, 0.25) is 0 Å². The highest BCUT2D eigenvalue weighted by molar-refractivity contribution is 5.79. The molecule has 0 aromatic rings. The standard InChI is InChI=1S/C13H26N2O2/c1-3-17-9-10(2)15-13(16)11-7-5-4-6-8-12(11)14/h10-12H,3-9,14H2,1-2H3,(H,15,16). The van der Waals surface area contributed by atoms with Crippen molar-refractivity contribution in [2.45, 2.75) is 58.0 Å². The van der Waals surface area contributed by atoms with Crippen LogP contribution in [0, 0.1) is 5.92 Å². The van der Waals surface area contributed by atoms with E-state index in [1.54, 1.807) is 0 Å². The zero-order valence-electron chi connectivity index (χ0n) is 11.1. The van der Waals surface area contributed by atoms with Crippen molar-refractivity contribution >= 4 is 5.91 Å². The van der Waals surface area contributed by atoms with Crippen LogP contribution in [0.15, 0.2) is 0 Å². The summed E-state index contributed by atoms with van der Waals surface area (Å²) >= 11 is 0. The maximum atomic E-state index is 12.1. The highest BCUT2D eigenvalue weighted by atomic mass is 16.5. The van der Waals surface area contributed by atoms with Crippen LogP contribution >= 0.6 is 0 Å². The Hall–Kier alpha value is -0.610. The minimum absolute atomic E-state index is 0.0124. The molecule has 0 aromatic carbocycles. The van der Waals surface area contributed by atoms with Gasteiger partial charge in [-0.15, -0.1) is 0 Å². The Kier molecular flexibility index (Phi) is 6.52. The summed E-state index contributed by atoms with van der Waals surface area (Å²) in [5, 5.41) is 3.00. The molecular formula is C13H26N2O2. The van der Waals surface area contributed by atoms with Gasteiger partial charge in [-0.1, -0.05) is 19.3 Å². The van der Waals surface area contributed by atoms with E-state index < -0.39 is 0 Å². The molecule has 1 aliphatic carbocycles. The van der Waals surface area contributed by atoms with Gasteiger partial charge in [0.05, 0.1) is 12.5 Å². The Morgan fingerprint density at radius 1 is 1.41 bits per heavy atom. The van der Waals surface area contributed by atoms with Crippen LogP contribution in [0.3, 0.4) is 0 Å². The summed E-state index contributed by atoms with van der Waals surface area (Å²) in [7, 11) is 0. The quantitative estimate of drug-likeness (QED) is 0.717. The van der Waals surface area contributed by atoms with E-state index in [1.807, 2.05) is 13.8 Å². The zero-order valence-corrected chi connectivity index (χ0v) is 11.1. The highest BCUT2D eigenvalue weighted by Crippen LogP contribution is 2.22. The van der Waals surface area contributed by atoms with Crippen molar-refractivity contribution in [1.29, 1.82) is 0 Å². The summed E-state index contributed by atoms with van der Waals surface area (Å²) < 4.78 is 5.29. The van der Waals surface area contributed by atoms with Crippen molar-refractivity contribution in [3.8, 4) is 0 Å². The number of nitrogens with one attached hydrogen (secondary N) is 1. The minimum atomic E-state index is -0.0124. The molecule has 4 heteroatoms. The van der Waals surface area contributed by atoms with E-state index in [1.165, 1.54) is 6.42 Å². The van der Waals surface area contributed by atoms with Crippen molar-refractivity contribution in [1.82, 2.24) is 5.32 Å². The summed E-state index contributed by atoms with van der Waals surface area (Å²) in [5.41, 5.74) is 6.06. The molecule has 17 heavy (non-hydrogen) atoms. The molecular weight excluding hydrogens is 216 g/mol. The number of hydrogen-bond donors (Lipinski definition) is 2. The SMILES string of the molecule is CCOCC(C)NC(=O)C1CCCCCC1N. The van der Waals surface area contributed by atoms with Crippen LogP contribution in [0.1, 0.15) is 46.0 Å². The first-order valence-electron chi connectivity index (χ1n) is 6.78.